The number of aromatic nitrogens is 3. The van der Waals surface area contributed by atoms with E-state index in [2.05, 4.69) is 46.2 Å². The van der Waals surface area contributed by atoms with E-state index < -0.39 is 0 Å². The minimum absolute atomic E-state index is 0.295. The Morgan fingerprint density at radius 2 is 2.29 bits per heavy atom. The van der Waals surface area contributed by atoms with Crippen LogP contribution in [0.4, 0.5) is 0 Å². The molecule has 0 unspecified atom stereocenters. The molecular formula is C15H22N4OS. The molecule has 0 radical (unpaired) electrons. The molecule has 0 spiro atoms. The van der Waals surface area contributed by atoms with Crippen molar-refractivity contribution in [2.75, 3.05) is 13.1 Å². The predicted molar refractivity (Wildman–Crippen MR) is 82.5 cm³/mol. The van der Waals surface area contributed by atoms with Gasteiger partial charge in [0.2, 0.25) is 5.89 Å². The maximum Gasteiger partial charge on any atom is 0.229 e. The predicted octanol–water partition coefficient (Wildman–Crippen LogP) is 3.34. The highest BCUT2D eigenvalue weighted by atomic mass is 32.1. The molecule has 21 heavy (non-hydrogen) atoms. The highest BCUT2D eigenvalue weighted by Gasteiger charge is 2.26. The molecule has 3 rings (SSSR count). The van der Waals surface area contributed by atoms with Crippen LogP contribution in [0.25, 0.3) is 0 Å². The van der Waals surface area contributed by atoms with Gasteiger partial charge in [-0.2, -0.15) is 4.98 Å². The summed E-state index contributed by atoms with van der Waals surface area (Å²) in [4.78, 5) is 11.6. The van der Waals surface area contributed by atoms with Gasteiger partial charge in [-0.1, -0.05) is 19.0 Å². The molecule has 1 aliphatic heterocycles. The first-order valence-corrected chi connectivity index (χ1v) is 8.46. The number of aryl methyl sites for hydroxylation is 1. The van der Waals surface area contributed by atoms with Crippen LogP contribution in [0.15, 0.2) is 9.90 Å². The lowest BCUT2D eigenvalue weighted by Crippen LogP contribution is -2.34. The molecule has 1 aliphatic rings. The van der Waals surface area contributed by atoms with Crippen molar-refractivity contribution in [3.05, 3.63) is 27.8 Å². The van der Waals surface area contributed by atoms with Crippen LogP contribution >= 0.6 is 11.3 Å². The van der Waals surface area contributed by atoms with Gasteiger partial charge in [0.25, 0.3) is 0 Å². The molecule has 0 amide bonds. The van der Waals surface area contributed by atoms with Crippen molar-refractivity contribution in [2.45, 2.75) is 52.0 Å². The van der Waals surface area contributed by atoms with Crippen LogP contribution in [0.3, 0.4) is 0 Å². The van der Waals surface area contributed by atoms with Crippen LogP contribution in [-0.2, 0) is 6.54 Å². The van der Waals surface area contributed by atoms with Crippen LogP contribution in [0.2, 0.25) is 0 Å². The molecule has 2 aromatic rings. The van der Waals surface area contributed by atoms with Gasteiger partial charge < -0.3 is 4.52 Å². The van der Waals surface area contributed by atoms with Crippen molar-refractivity contribution in [1.29, 1.82) is 0 Å². The van der Waals surface area contributed by atoms with Crippen LogP contribution in [0, 0.1) is 6.92 Å². The summed E-state index contributed by atoms with van der Waals surface area (Å²) in [6.45, 7) is 9.26. The van der Waals surface area contributed by atoms with E-state index in [-0.39, 0.29) is 0 Å². The molecule has 1 atom stereocenters. The highest BCUT2D eigenvalue weighted by molar-refractivity contribution is 7.09. The Hall–Kier alpha value is -1.27. The van der Waals surface area contributed by atoms with E-state index in [4.69, 9.17) is 4.52 Å². The van der Waals surface area contributed by atoms with E-state index in [0.717, 1.165) is 42.8 Å². The maximum atomic E-state index is 5.35. The summed E-state index contributed by atoms with van der Waals surface area (Å²) in [5.74, 6) is 2.30. The topological polar surface area (TPSA) is 55.1 Å². The van der Waals surface area contributed by atoms with Gasteiger partial charge in [-0.3, -0.25) is 4.90 Å². The van der Waals surface area contributed by atoms with E-state index in [1.165, 1.54) is 12.1 Å². The van der Waals surface area contributed by atoms with Crippen molar-refractivity contribution in [2.24, 2.45) is 0 Å². The zero-order valence-electron chi connectivity index (χ0n) is 12.9. The van der Waals surface area contributed by atoms with Crippen LogP contribution in [-0.4, -0.2) is 33.1 Å². The average Bonchev–Trinajstić information content (AvgIpc) is 3.08. The number of thiazole rings is 1. The molecule has 2 aromatic heterocycles. The van der Waals surface area contributed by atoms with Gasteiger partial charge in [-0.05, 0) is 26.3 Å². The van der Waals surface area contributed by atoms with E-state index >= 15 is 0 Å². The quantitative estimate of drug-likeness (QED) is 0.867. The van der Waals surface area contributed by atoms with Gasteiger partial charge in [0.05, 0.1) is 10.7 Å². The Bertz CT molecular complexity index is 592. The SMILES string of the molecule is Cc1nc(CN2CCC[C@@H](c3noc(C(C)C)n3)C2)cs1. The fraction of sp³-hybridized carbons (Fsp3) is 0.667. The molecule has 0 aromatic carbocycles. The van der Waals surface area contributed by atoms with Gasteiger partial charge in [0, 0.05) is 30.3 Å². The third-order valence-electron chi connectivity index (χ3n) is 3.87. The number of likely N-dealkylation sites (tertiary alicyclic amines) is 1. The largest absolute Gasteiger partial charge is 0.339 e. The third-order valence-corrected chi connectivity index (χ3v) is 4.70. The summed E-state index contributed by atoms with van der Waals surface area (Å²) in [7, 11) is 0. The fourth-order valence-corrected chi connectivity index (χ4v) is 3.37. The smallest absolute Gasteiger partial charge is 0.229 e. The highest BCUT2D eigenvalue weighted by Crippen LogP contribution is 2.27. The first-order chi connectivity index (χ1) is 10.1. The Balaban J connectivity index is 1.64. The van der Waals surface area contributed by atoms with Crippen molar-refractivity contribution in [3.63, 3.8) is 0 Å². The van der Waals surface area contributed by atoms with Gasteiger partial charge in [0.1, 0.15) is 0 Å². The Morgan fingerprint density at radius 1 is 1.43 bits per heavy atom. The number of rotatable bonds is 4. The molecule has 0 saturated carbocycles. The lowest BCUT2D eigenvalue weighted by molar-refractivity contribution is 0.193. The van der Waals surface area contributed by atoms with E-state index in [0.29, 0.717) is 11.8 Å². The monoisotopic (exact) mass is 306 g/mol. The Labute approximate surface area is 129 Å². The molecule has 114 valence electrons. The standard InChI is InChI=1S/C15H22N4OS/c1-10(2)15-17-14(18-20-15)12-5-4-6-19(7-12)8-13-9-21-11(3)16-13/h9-10,12H,4-8H2,1-3H3/t12-/m1/s1. The van der Waals surface area contributed by atoms with Crippen molar-refractivity contribution in [1.82, 2.24) is 20.0 Å². The molecule has 0 aliphatic carbocycles. The van der Waals surface area contributed by atoms with Gasteiger partial charge in [0.15, 0.2) is 5.82 Å². The second kappa shape index (κ2) is 6.23. The number of hydrogen-bond donors (Lipinski definition) is 0. The zero-order valence-corrected chi connectivity index (χ0v) is 13.7. The van der Waals surface area contributed by atoms with Crippen LogP contribution in [0.1, 0.15) is 60.9 Å². The van der Waals surface area contributed by atoms with Gasteiger partial charge in [-0.15, -0.1) is 11.3 Å². The summed E-state index contributed by atoms with van der Waals surface area (Å²) in [6.07, 6.45) is 2.32. The second-order valence-electron chi connectivity index (χ2n) is 6.08. The minimum atomic E-state index is 0.295. The third kappa shape index (κ3) is 3.49. The Kier molecular flexibility index (Phi) is 4.35. The van der Waals surface area contributed by atoms with E-state index in [1.54, 1.807) is 11.3 Å². The Morgan fingerprint density at radius 3 is 2.95 bits per heavy atom. The molecule has 0 N–H and O–H groups in total. The minimum Gasteiger partial charge on any atom is -0.339 e. The summed E-state index contributed by atoms with van der Waals surface area (Å²) in [5, 5.41) is 7.47. The molecule has 1 fully saturated rings. The maximum absolute atomic E-state index is 5.35. The second-order valence-corrected chi connectivity index (χ2v) is 7.14. The van der Waals surface area contributed by atoms with Crippen LogP contribution in [0.5, 0.6) is 0 Å². The van der Waals surface area contributed by atoms with Crippen molar-refractivity contribution < 1.29 is 4.52 Å². The first kappa shape index (κ1) is 14.7. The molecule has 0 bridgehead atoms. The number of hydrogen-bond acceptors (Lipinski definition) is 6. The van der Waals surface area contributed by atoms with E-state index in [1.807, 2.05) is 0 Å². The number of nitrogens with zero attached hydrogens (tertiary/aromatic N) is 4. The van der Waals surface area contributed by atoms with Crippen molar-refractivity contribution in [3.8, 4) is 0 Å². The zero-order chi connectivity index (χ0) is 14.8. The van der Waals surface area contributed by atoms with Gasteiger partial charge in [-0.25, -0.2) is 4.98 Å². The fourth-order valence-electron chi connectivity index (χ4n) is 2.77. The normalized spacial score (nSPS) is 20.3. The van der Waals surface area contributed by atoms with Crippen LogP contribution < -0.4 is 0 Å². The lowest BCUT2D eigenvalue weighted by Gasteiger charge is -2.30. The average molecular weight is 306 g/mol. The molecule has 5 nitrogen and oxygen atoms in total. The van der Waals surface area contributed by atoms with E-state index in [9.17, 15) is 0 Å². The lowest BCUT2D eigenvalue weighted by atomic mass is 9.97. The number of piperidine rings is 1. The summed E-state index contributed by atoms with van der Waals surface area (Å²) < 4.78 is 5.35. The summed E-state index contributed by atoms with van der Waals surface area (Å²) in [6, 6.07) is 0. The van der Waals surface area contributed by atoms with Crippen molar-refractivity contribution >= 4 is 11.3 Å². The summed E-state index contributed by atoms with van der Waals surface area (Å²) in [5.41, 5.74) is 1.18. The first-order valence-electron chi connectivity index (χ1n) is 7.58. The van der Waals surface area contributed by atoms with Gasteiger partial charge >= 0.3 is 0 Å². The molecule has 3 heterocycles. The summed E-state index contributed by atoms with van der Waals surface area (Å²) >= 11 is 1.72. The molecular weight excluding hydrogens is 284 g/mol. The molecule has 6 heteroatoms. The molecule has 1 saturated heterocycles.